The van der Waals surface area contributed by atoms with Crippen molar-refractivity contribution in [1.82, 2.24) is 5.43 Å². The van der Waals surface area contributed by atoms with Gasteiger partial charge in [-0.1, -0.05) is 46.9 Å². The van der Waals surface area contributed by atoms with Crippen molar-refractivity contribution in [2.24, 2.45) is 5.84 Å². The minimum atomic E-state index is -0.439. The zero-order chi connectivity index (χ0) is 14.7. The average Bonchev–Trinajstić information content (AvgIpc) is 2.40. The summed E-state index contributed by atoms with van der Waals surface area (Å²) in [6.45, 7) is 0. The molecule has 2 rings (SSSR count). The Kier molecular flexibility index (Phi) is 5.24. The molecule has 3 N–H and O–H groups in total. The van der Waals surface area contributed by atoms with Crippen LogP contribution in [0.4, 0.5) is 4.39 Å². The van der Waals surface area contributed by atoms with Gasteiger partial charge in [0.15, 0.2) is 0 Å². The van der Waals surface area contributed by atoms with Crippen molar-refractivity contribution in [2.45, 2.75) is 12.5 Å². The Hall–Kier alpha value is -0.840. The smallest absolute Gasteiger partial charge is 0.127 e. The van der Waals surface area contributed by atoms with Crippen LogP contribution in [0.2, 0.25) is 15.1 Å². The van der Waals surface area contributed by atoms with Gasteiger partial charge < -0.3 is 0 Å². The summed E-state index contributed by atoms with van der Waals surface area (Å²) < 4.78 is 13.8. The van der Waals surface area contributed by atoms with Gasteiger partial charge in [0.05, 0.1) is 6.04 Å². The fourth-order valence-electron chi connectivity index (χ4n) is 2.02. The topological polar surface area (TPSA) is 38.0 Å². The first-order valence-corrected chi connectivity index (χ1v) is 7.01. The first-order chi connectivity index (χ1) is 9.54. The van der Waals surface area contributed by atoms with Crippen LogP contribution in [0.1, 0.15) is 17.2 Å². The predicted molar refractivity (Wildman–Crippen MR) is 81.6 cm³/mol. The van der Waals surface area contributed by atoms with Gasteiger partial charge in [-0.15, -0.1) is 0 Å². The third kappa shape index (κ3) is 3.25. The molecule has 0 aromatic heterocycles. The second kappa shape index (κ2) is 6.74. The largest absolute Gasteiger partial charge is 0.271 e. The molecule has 0 aliphatic carbocycles. The van der Waals surface area contributed by atoms with Crippen molar-refractivity contribution in [3.8, 4) is 0 Å². The van der Waals surface area contributed by atoms with Gasteiger partial charge in [0, 0.05) is 26.2 Å². The Morgan fingerprint density at radius 1 is 1.00 bits per heavy atom. The number of benzene rings is 2. The maximum absolute atomic E-state index is 13.8. The molecule has 1 atom stereocenters. The second-order valence-electron chi connectivity index (χ2n) is 4.26. The van der Waals surface area contributed by atoms with Crippen LogP contribution in [-0.2, 0) is 6.42 Å². The van der Waals surface area contributed by atoms with Gasteiger partial charge in [-0.2, -0.15) is 0 Å². The van der Waals surface area contributed by atoms with Crippen LogP contribution < -0.4 is 11.3 Å². The third-order valence-electron chi connectivity index (χ3n) is 3.02. The molecular formula is C14H12Cl3FN2. The lowest BCUT2D eigenvalue weighted by atomic mass is 9.99. The van der Waals surface area contributed by atoms with E-state index in [0.717, 1.165) is 0 Å². The highest BCUT2D eigenvalue weighted by molar-refractivity contribution is 6.36. The molecule has 0 fully saturated rings. The summed E-state index contributed by atoms with van der Waals surface area (Å²) in [6, 6.07) is 9.23. The van der Waals surface area contributed by atoms with E-state index in [4.69, 9.17) is 40.6 Å². The van der Waals surface area contributed by atoms with E-state index in [1.54, 1.807) is 30.3 Å². The summed E-state index contributed by atoms with van der Waals surface area (Å²) in [7, 11) is 0. The van der Waals surface area contributed by atoms with E-state index in [-0.39, 0.29) is 12.2 Å². The average molecular weight is 334 g/mol. The second-order valence-corrected chi connectivity index (χ2v) is 5.48. The summed E-state index contributed by atoms with van der Waals surface area (Å²) in [5.74, 6) is 5.17. The number of hydrazine groups is 1. The van der Waals surface area contributed by atoms with Crippen molar-refractivity contribution < 1.29 is 4.39 Å². The number of hydrogen-bond acceptors (Lipinski definition) is 2. The van der Waals surface area contributed by atoms with Gasteiger partial charge in [-0.05, 0) is 30.7 Å². The highest BCUT2D eigenvalue weighted by Crippen LogP contribution is 2.33. The fourth-order valence-corrected chi connectivity index (χ4v) is 2.92. The van der Waals surface area contributed by atoms with E-state index in [1.807, 2.05) is 0 Å². The highest BCUT2D eigenvalue weighted by atomic mass is 35.5. The van der Waals surface area contributed by atoms with Gasteiger partial charge in [-0.3, -0.25) is 11.3 Å². The van der Waals surface area contributed by atoms with Gasteiger partial charge in [0.1, 0.15) is 5.82 Å². The Balaban J connectivity index is 2.39. The molecule has 0 bridgehead atoms. The maximum Gasteiger partial charge on any atom is 0.127 e. The first kappa shape index (κ1) is 15.5. The summed E-state index contributed by atoms with van der Waals surface area (Å²) >= 11 is 18.3. The Bertz CT molecular complexity index is 579. The van der Waals surface area contributed by atoms with Crippen LogP contribution in [0.25, 0.3) is 0 Å². The van der Waals surface area contributed by atoms with Crippen molar-refractivity contribution in [3.63, 3.8) is 0 Å². The zero-order valence-corrected chi connectivity index (χ0v) is 12.6. The molecule has 2 aromatic carbocycles. The Labute approximate surface area is 131 Å². The molecular weight excluding hydrogens is 322 g/mol. The van der Waals surface area contributed by atoms with E-state index in [2.05, 4.69) is 5.43 Å². The third-order valence-corrected chi connectivity index (χ3v) is 4.03. The molecule has 106 valence electrons. The van der Waals surface area contributed by atoms with Crippen molar-refractivity contribution in [1.29, 1.82) is 0 Å². The van der Waals surface area contributed by atoms with E-state index in [1.165, 1.54) is 6.07 Å². The van der Waals surface area contributed by atoms with Gasteiger partial charge in [0.2, 0.25) is 0 Å². The van der Waals surface area contributed by atoms with Crippen LogP contribution >= 0.6 is 34.8 Å². The van der Waals surface area contributed by atoms with Gasteiger partial charge in [0.25, 0.3) is 0 Å². The molecule has 0 aliphatic heterocycles. The number of halogens is 4. The Morgan fingerprint density at radius 2 is 1.55 bits per heavy atom. The van der Waals surface area contributed by atoms with Gasteiger partial charge >= 0.3 is 0 Å². The predicted octanol–water partition coefficient (Wildman–Crippen LogP) is 4.53. The molecule has 0 saturated carbocycles. The van der Waals surface area contributed by atoms with Crippen molar-refractivity contribution in [2.75, 3.05) is 0 Å². The van der Waals surface area contributed by atoms with E-state index >= 15 is 0 Å². The summed E-state index contributed by atoms with van der Waals surface area (Å²) in [6.07, 6.45) is 0.242. The number of hydrogen-bond donors (Lipinski definition) is 2. The van der Waals surface area contributed by atoms with E-state index in [0.29, 0.717) is 26.2 Å². The molecule has 0 aliphatic rings. The molecule has 2 aromatic rings. The van der Waals surface area contributed by atoms with Gasteiger partial charge in [-0.25, -0.2) is 4.39 Å². The van der Waals surface area contributed by atoms with Crippen LogP contribution in [0.15, 0.2) is 36.4 Å². The van der Waals surface area contributed by atoms with Crippen LogP contribution in [-0.4, -0.2) is 0 Å². The molecule has 0 spiro atoms. The molecule has 0 amide bonds. The Morgan fingerprint density at radius 3 is 2.10 bits per heavy atom. The van der Waals surface area contributed by atoms with Crippen LogP contribution in [0.5, 0.6) is 0 Å². The summed E-state index contributed by atoms with van der Waals surface area (Å²) in [5, 5.41) is 1.27. The number of nitrogens with one attached hydrogen (secondary N) is 1. The number of rotatable bonds is 4. The molecule has 6 heteroatoms. The maximum atomic E-state index is 13.8. The zero-order valence-electron chi connectivity index (χ0n) is 10.3. The minimum Gasteiger partial charge on any atom is -0.271 e. The summed E-state index contributed by atoms with van der Waals surface area (Å²) in [4.78, 5) is 0. The molecule has 0 saturated heterocycles. The lowest BCUT2D eigenvalue weighted by Crippen LogP contribution is -2.30. The molecule has 1 unspecified atom stereocenters. The van der Waals surface area contributed by atoms with Crippen LogP contribution in [0, 0.1) is 5.82 Å². The fraction of sp³-hybridized carbons (Fsp3) is 0.143. The monoisotopic (exact) mass is 332 g/mol. The highest BCUT2D eigenvalue weighted by Gasteiger charge is 2.20. The standard InChI is InChI=1S/C14H12Cl3FN2/c15-9-3-2-6-12(18)8(9)7-13(20-19)14-10(16)4-1-5-11(14)17/h1-6,13,20H,7,19H2. The van der Waals surface area contributed by atoms with Crippen molar-refractivity contribution in [3.05, 3.63) is 68.4 Å². The van der Waals surface area contributed by atoms with Crippen molar-refractivity contribution >= 4 is 34.8 Å². The molecule has 0 heterocycles. The van der Waals surface area contributed by atoms with Crippen LogP contribution in [0.3, 0.4) is 0 Å². The summed E-state index contributed by atoms with van der Waals surface area (Å²) in [5.41, 5.74) is 3.60. The lowest BCUT2D eigenvalue weighted by molar-refractivity contribution is 0.529. The molecule has 20 heavy (non-hydrogen) atoms. The molecule has 0 radical (unpaired) electrons. The SMILES string of the molecule is NNC(Cc1c(F)cccc1Cl)c1c(Cl)cccc1Cl. The quantitative estimate of drug-likeness (QED) is 0.637. The van der Waals surface area contributed by atoms with E-state index in [9.17, 15) is 4.39 Å². The lowest BCUT2D eigenvalue weighted by Gasteiger charge is -2.20. The van der Waals surface area contributed by atoms with E-state index < -0.39 is 6.04 Å². The number of nitrogens with two attached hydrogens (primary N) is 1. The first-order valence-electron chi connectivity index (χ1n) is 5.87. The molecule has 2 nitrogen and oxygen atoms in total. The minimum absolute atomic E-state index is 0.242. The normalized spacial score (nSPS) is 12.4.